The number of benzene rings is 1. The number of amides is 1. The Morgan fingerprint density at radius 2 is 2.24 bits per heavy atom. The second kappa shape index (κ2) is 4.65. The number of rotatable bonds is 1. The van der Waals surface area contributed by atoms with E-state index in [-0.39, 0.29) is 17.6 Å². The van der Waals surface area contributed by atoms with Crippen LogP contribution in [0, 0.1) is 11.7 Å². The smallest absolute Gasteiger partial charge is 0.253 e. The van der Waals surface area contributed by atoms with Crippen LogP contribution in [0.2, 0.25) is 0 Å². The zero-order valence-corrected chi connectivity index (χ0v) is 9.65. The molecule has 17 heavy (non-hydrogen) atoms. The first-order valence-corrected chi connectivity index (χ1v) is 5.65. The minimum atomic E-state index is -0.419. The number of hydrogen-bond acceptors (Lipinski definition) is 2. The van der Waals surface area contributed by atoms with E-state index >= 15 is 0 Å². The van der Waals surface area contributed by atoms with Crippen LogP contribution in [-0.4, -0.2) is 29.7 Å². The summed E-state index contributed by atoms with van der Waals surface area (Å²) < 4.78 is 13.0. The molecule has 0 aliphatic carbocycles. The maximum Gasteiger partial charge on any atom is 0.253 e. The molecule has 0 saturated carbocycles. The third kappa shape index (κ3) is 2.52. The molecule has 2 rings (SSSR count). The van der Waals surface area contributed by atoms with E-state index in [0.717, 1.165) is 0 Å². The van der Waals surface area contributed by atoms with Crippen LogP contribution in [0.3, 0.4) is 0 Å². The predicted octanol–water partition coefficient (Wildman–Crippen LogP) is 1.88. The summed E-state index contributed by atoms with van der Waals surface area (Å²) in [6.07, 6.45) is 0.391. The minimum Gasteiger partial charge on any atom is -0.337 e. The maximum absolute atomic E-state index is 13.0. The van der Waals surface area contributed by atoms with E-state index in [4.69, 9.17) is 0 Å². The van der Waals surface area contributed by atoms with Crippen molar-refractivity contribution in [1.29, 1.82) is 0 Å². The van der Waals surface area contributed by atoms with Crippen molar-refractivity contribution in [3.8, 4) is 0 Å². The zero-order chi connectivity index (χ0) is 12.4. The van der Waals surface area contributed by atoms with Gasteiger partial charge in [0.05, 0.1) is 0 Å². The molecule has 1 saturated heterocycles. The van der Waals surface area contributed by atoms with Gasteiger partial charge in [0, 0.05) is 31.0 Å². The molecule has 0 radical (unpaired) electrons. The molecule has 0 N–H and O–H groups in total. The lowest BCUT2D eigenvalue weighted by Gasteiger charge is -2.30. The summed E-state index contributed by atoms with van der Waals surface area (Å²) in [6, 6.07) is 5.64. The van der Waals surface area contributed by atoms with Crippen LogP contribution in [-0.2, 0) is 4.79 Å². The Morgan fingerprint density at radius 3 is 2.88 bits per heavy atom. The van der Waals surface area contributed by atoms with Crippen molar-refractivity contribution >= 4 is 11.7 Å². The van der Waals surface area contributed by atoms with E-state index in [1.807, 2.05) is 6.92 Å². The summed E-state index contributed by atoms with van der Waals surface area (Å²) in [7, 11) is 0. The second-order valence-electron chi connectivity index (χ2n) is 4.38. The Morgan fingerprint density at radius 1 is 1.47 bits per heavy atom. The lowest BCUT2D eigenvalue weighted by Crippen LogP contribution is -2.43. The van der Waals surface area contributed by atoms with Crippen LogP contribution in [0.5, 0.6) is 0 Å². The Bertz CT molecular complexity index is 458. The zero-order valence-electron chi connectivity index (χ0n) is 9.65. The average Bonchev–Trinajstić information content (AvgIpc) is 2.32. The highest BCUT2D eigenvalue weighted by Crippen LogP contribution is 2.15. The fraction of sp³-hybridized carbons (Fsp3) is 0.385. The number of carbonyl (C=O) groups excluding carboxylic acids is 2. The van der Waals surface area contributed by atoms with Crippen molar-refractivity contribution in [2.75, 3.05) is 13.1 Å². The van der Waals surface area contributed by atoms with E-state index in [0.29, 0.717) is 25.1 Å². The van der Waals surface area contributed by atoms with Crippen LogP contribution in [0.4, 0.5) is 4.39 Å². The fourth-order valence-electron chi connectivity index (χ4n) is 2.00. The molecular formula is C13H14FNO2. The average molecular weight is 235 g/mol. The van der Waals surface area contributed by atoms with E-state index in [2.05, 4.69) is 0 Å². The molecule has 0 aromatic heterocycles. The molecule has 1 aromatic rings. The van der Waals surface area contributed by atoms with Crippen molar-refractivity contribution in [3.05, 3.63) is 35.6 Å². The van der Waals surface area contributed by atoms with Gasteiger partial charge in [-0.25, -0.2) is 4.39 Å². The molecule has 1 aromatic carbocycles. The maximum atomic E-state index is 13.0. The first-order valence-electron chi connectivity index (χ1n) is 5.65. The highest BCUT2D eigenvalue weighted by atomic mass is 19.1. The summed E-state index contributed by atoms with van der Waals surface area (Å²) in [5.41, 5.74) is 0.339. The first kappa shape index (κ1) is 11.8. The van der Waals surface area contributed by atoms with Crippen molar-refractivity contribution in [2.45, 2.75) is 13.3 Å². The van der Waals surface area contributed by atoms with Crippen LogP contribution in [0.1, 0.15) is 23.7 Å². The van der Waals surface area contributed by atoms with Gasteiger partial charge in [-0.05, 0) is 18.2 Å². The van der Waals surface area contributed by atoms with Gasteiger partial charge in [-0.2, -0.15) is 0 Å². The molecule has 1 amide bonds. The van der Waals surface area contributed by atoms with Gasteiger partial charge in [-0.15, -0.1) is 0 Å². The second-order valence-corrected chi connectivity index (χ2v) is 4.38. The number of ketones is 1. The number of hydrogen-bond donors (Lipinski definition) is 0. The Balaban J connectivity index is 2.13. The van der Waals surface area contributed by atoms with Gasteiger partial charge in [0.2, 0.25) is 0 Å². The van der Waals surface area contributed by atoms with E-state index in [9.17, 15) is 14.0 Å². The Hall–Kier alpha value is -1.71. The van der Waals surface area contributed by atoms with Gasteiger partial charge < -0.3 is 4.90 Å². The van der Waals surface area contributed by atoms with E-state index in [1.165, 1.54) is 18.2 Å². The van der Waals surface area contributed by atoms with E-state index in [1.54, 1.807) is 11.0 Å². The van der Waals surface area contributed by atoms with Gasteiger partial charge >= 0.3 is 0 Å². The molecule has 1 heterocycles. The molecule has 1 fully saturated rings. The van der Waals surface area contributed by atoms with Crippen LogP contribution in [0.25, 0.3) is 0 Å². The molecule has 1 aliphatic rings. The molecule has 1 aliphatic heterocycles. The molecular weight excluding hydrogens is 221 g/mol. The van der Waals surface area contributed by atoms with Crippen LogP contribution < -0.4 is 0 Å². The number of halogens is 1. The fourth-order valence-corrected chi connectivity index (χ4v) is 2.00. The summed E-state index contributed by atoms with van der Waals surface area (Å²) in [4.78, 5) is 25.0. The molecule has 1 atom stereocenters. The third-order valence-electron chi connectivity index (χ3n) is 3.03. The molecule has 1 unspecified atom stereocenters. The standard InChI is InChI=1S/C13H14FNO2/c1-9-8-15(6-5-12(9)16)13(17)10-3-2-4-11(14)7-10/h2-4,7,9H,5-6,8H2,1H3. The van der Waals surface area contributed by atoms with Crippen molar-refractivity contribution in [2.24, 2.45) is 5.92 Å². The number of likely N-dealkylation sites (tertiary alicyclic amines) is 1. The quantitative estimate of drug-likeness (QED) is 0.745. The van der Waals surface area contributed by atoms with Crippen molar-refractivity contribution in [1.82, 2.24) is 4.90 Å². The molecule has 0 spiro atoms. The highest BCUT2D eigenvalue weighted by molar-refractivity contribution is 5.95. The summed E-state index contributed by atoms with van der Waals surface area (Å²) in [6.45, 7) is 2.67. The topological polar surface area (TPSA) is 37.4 Å². The van der Waals surface area contributed by atoms with Gasteiger partial charge in [0.25, 0.3) is 5.91 Å². The van der Waals surface area contributed by atoms with E-state index < -0.39 is 5.82 Å². The Labute approximate surface area is 99.2 Å². The van der Waals surface area contributed by atoms with Gasteiger partial charge in [-0.3, -0.25) is 9.59 Å². The monoisotopic (exact) mass is 235 g/mol. The number of Topliss-reactive ketones (excluding diaryl/α,β-unsaturated/α-hetero) is 1. The number of nitrogens with zero attached hydrogens (tertiary/aromatic N) is 1. The van der Waals surface area contributed by atoms with Crippen LogP contribution in [0.15, 0.2) is 24.3 Å². The van der Waals surface area contributed by atoms with Crippen molar-refractivity contribution < 1.29 is 14.0 Å². The Kier molecular flexibility index (Phi) is 3.22. The van der Waals surface area contributed by atoms with Crippen molar-refractivity contribution in [3.63, 3.8) is 0 Å². The van der Waals surface area contributed by atoms with Crippen LogP contribution >= 0.6 is 0 Å². The molecule has 4 heteroatoms. The van der Waals surface area contributed by atoms with Gasteiger partial charge in [0.1, 0.15) is 11.6 Å². The number of carbonyl (C=O) groups is 2. The third-order valence-corrected chi connectivity index (χ3v) is 3.03. The summed E-state index contributed by atoms with van der Waals surface area (Å²) in [5, 5.41) is 0. The van der Waals surface area contributed by atoms with Gasteiger partial charge in [-0.1, -0.05) is 13.0 Å². The molecule has 90 valence electrons. The summed E-state index contributed by atoms with van der Waals surface area (Å²) >= 11 is 0. The summed E-state index contributed by atoms with van der Waals surface area (Å²) in [5.74, 6) is -0.560. The SMILES string of the molecule is CC1CN(C(=O)c2cccc(F)c2)CCC1=O. The lowest BCUT2D eigenvalue weighted by atomic mass is 9.98. The predicted molar refractivity (Wildman–Crippen MR) is 61.1 cm³/mol. The number of piperidine rings is 1. The minimum absolute atomic E-state index is 0.124. The highest BCUT2D eigenvalue weighted by Gasteiger charge is 2.27. The first-order chi connectivity index (χ1) is 8.08. The largest absolute Gasteiger partial charge is 0.337 e. The normalized spacial score (nSPS) is 20.5. The molecule has 0 bridgehead atoms. The van der Waals surface area contributed by atoms with Gasteiger partial charge in [0.15, 0.2) is 0 Å². The lowest BCUT2D eigenvalue weighted by molar-refractivity contribution is -0.124. The molecule has 3 nitrogen and oxygen atoms in total.